The molecule has 2 saturated heterocycles. The Morgan fingerprint density at radius 2 is 2.00 bits per heavy atom. The van der Waals surface area contributed by atoms with Crippen LogP contribution in [0, 0.1) is 34.0 Å². The second kappa shape index (κ2) is 5.69. The Morgan fingerprint density at radius 3 is 2.69 bits per heavy atom. The molecule has 3 N–H and O–H groups in total. The quantitative estimate of drug-likeness (QED) is 0.462. The second-order valence-corrected chi connectivity index (χ2v) is 10.3. The number of ketones is 1. The van der Waals surface area contributed by atoms with Crippen LogP contribution in [0.15, 0.2) is 12.2 Å². The van der Waals surface area contributed by atoms with Crippen LogP contribution in [-0.2, 0) is 19.1 Å². The Hall–Kier alpha value is -1.28. The molecular formula is C22H30O7. The van der Waals surface area contributed by atoms with Crippen LogP contribution in [-0.4, -0.2) is 58.3 Å². The lowest BCUT2D eigenvalue weighted by Crippen LogP contribution is -2.84. The Bertz CT molecular complexity index is 809. The zero-order valence-corrected chi connectivity index (χ0v) is 17.0. The fraction of sp³-hybridized carbons (Fsp3) is 0.818. The minimum absolute atomic E-state index is 0.146. The van der Waals surface area contributed by atoms with Crippen molar-refractivity contribution in [2.45, 2.75) is 63.9 Å². The summed E-state index contributed by atoms with van der Waals surface area (Å²) in [5, 5.41) is 34.5. The highest BCUT2D eigenvalue weighted by atomic mass is 16.6. The van der Waals surface area contributed by atoms with E-state index >= 15 is 0 Å². The predicted octanol–water partition coefficient (Wildman–Crippen LogP) is 0.948. The smallest absolute Gasteiger partial charge is 0.302 e. The van der Waals surface area contributed by atoms with Crippen molar-refractivity contribution in [2.75, 3.05) is 13.2 Å². The van der Waals surface area contributed by atoms with E-state index in [0.29, 0.717) is 18.4 Å². The van der Waals surface area contributed by atoms with Crippen molar-refractivity contribution >= 4 is 11.8 Å². The molecule has 0 radical (unpaired) electrons. The number of ether oxygens (including phenoxy) is 2. The molecule has 6 aliphatic rings. The third kappa shape index (κ3) is 1.94. The molecule has 29 heavy (non-hydrogen) atoms. The lowest BCUT2D eigenvalue weighted by Gasteiger charge is -2.74. The van der Waals surface area contributed by atoms with Gasteiger partial charge in [0.05, 0.1) is 19.3 Å². The summed E-state index contributed by atoms with van der Waals surface area (Å²) in [6.45, 7) is 7.63. The van der Waals surface area contributed by atoms with Gasteiger partial charge in [0.2, 0.25) is 5.79 Å². The Morgan fingerprint density at radius 1 is 1.28 bits per heavy atom. The van der Waals surface area contributed by atoms with Gasteiger partial charge < -0.3 is 24.8 Å². The number of aliphatic hydroxyl groups excluding tert-OH is 2. The van der Waals surface area contributed by atoms with E-state index in [1.807, 2.05) is 6.92 Å². The first-order valence-corrected chi connectivity index (χ1v) is 10.7. The highest BCUT2D eigenvalue weighted by molar-refractivity contribution is 6.05. The van der Waals surface area contributed by atoms with Gasteiger partial charge in [-0.2, -0.15) is 0 Å². The molecule has 6 rings (SSSR count). The number of fused-ring (bicyclic) bond motifs is 2. The van der Waals surface area contributed by atoms with Gasteiger partial charge in [0.15, 0.2) is 5.78 Å². The molecule has 0 aromatic carbocycles. The Kier molecular flexibility index (Phi) is 3.86. The first kappa shape index (κ1) is 19.7. The maximum Gasteiger partial charge on any atom is 0.302 e. The standard InChI is InChI=1S/C22H30O7/c1-11-13-5-6-14-20-8-4-7-19(3,9-28-12(2)23)15(20)18(26)22(27,29-10-20)21(14,16(11)24)17(13)25/h13-15,17-18,25-27H,1,4-10H2,2-3H3/t13-,14-,15+,17+,18-,19-,20+,21+,22+/m0/s1. The molecule has 7 nitrogen and oxygen atoms in total. The molecule has 160 valence electrons. The number of aliphatic hydroxyl groups is 3. The van der Waals surface area contributed by atoms with E-state index in [2.05, 4.69) is 6.58 Å². The summed E-state index contributed by atoms with van der Waals surface area (Å²) in [7, 11) is 0. The number of rotatable bonds is 2. The van der Waals surface area contributed by atoms with Crippen LogP contribution >= 0.6 is 0 Å². The molecule has 0 aromatic rings. The van der Waals surface area contributed by atoms with Crippen molar-refractivity contribution in [2.24, 2.45) is 34.0 Å². The van der Waals surface area contributed by atoms with Gasteiger partial charge in [-0.1, -0.05) is 19.9 Å². The summed E-state index contributed by atoms with van der Waals surface area (Å²) in [4.78, 5) is 25.0. The van der Waals surface area contributed by atoms with Crippen molar-refractivity contribution in [3.8, 4) is 0 Å². The first-order chi connectivity index (χ1) is 13.6. The van der Waals surface area contributed by atoms with E-state index in [1.165, 1.54) is 6.92 Å². The molecule has 0 aromatic heterocycles. The van der Waals surface area contributed by atoms with Crippen LogP contribution in [0.25, 0.3) is 0 Å². The van der Waals surface area contributed by atoms with Gasteiger partial charge in [0, 0.05) is 29.6 Å². The molecule has 2 spiro atoms. The van der Waals surface area contributed by atoms with Gasteiger partial charge in [-0.25, -0.2) is 0 Å². The summed E-state index contributed by atoms with van der Waals surface area (Å²) >= 11 is 0. The van der Waals surface area contributed by atoms with Crippen LogP contribution in [0.3, 0.4) is 0 Å². The van der Waals surface area contributed by atoms with Crippen molar-refractivity contribution in [3.63, 3.8) is 0 Å². The third-order valence-corrected chi connectivity index (χ3v) is 9.21. The van der Waals surface area contributed by atoms with Gasteiger partial charge in [0.25, 0.3) is 0 Å². The number of hydrogen-bond donors (Lipinski definition) is 3. The normalized spacial score (nSPS) is 55.4. The topological polar surface area (TPSA) is 113 Å². The second-order valence-electron chi connectivity index (χ2n) is 10.3. The van der Waals surface area contributed by atoms with E-state index in [1.54, 1.807) is 0 Å². The van der Waals surface area contributed by atoms with Crippen molar-refractivity contribution in [3.05, 3.63) is 12.2 Å². The molecule has 7 heteroatoms. The Balaban J connectivity index is 1.68. The lowest BCUT2D eigenvalue weighted by molar-refractivity contribution is -0.450. The maximum atomic E-state index is 13.5. The van der Waals surface area contributed by atoms with E-state index in [0.717, 1.165) is 19.3 Å². The molecule has 2 aliphatic heterocycles. The van der Waals surface area contributed by atoms with E-state index in [9.17, 15) is 24.9 Å². The van der Waals surface area contributed by atoms with Gasteiger partial charge in [-0.3, -0.25) is 9.59 Å². The van der Waals surface area contributed by atoms with Crippen LogP contribution in [0.5, 0.6) is 0 Å². The zero-order valence-electron chi connectivity index (χ0n) is 17.0. The minimum Gasteiger partial charge on any atom is -0.465 e. The molecule has 4 aliphatic carbocycles. The van der Waals surface area contributed by atoms with Crippen LogP contribution < -0.4 is 0 Å². The van der Waals surface area contributed by atoms with Gasteiger partial charge >= 0.3 is 5.97 Å². The average Bonchev–Trinajstić information content (AvgIpc) is 2.77. The van der Waals surface area contributed by atoms with Crippen LogP contribution in [0.1, 0.15) is 46.0 Å². The average molecular weight is 406 g/mol. The minimum atomic E-state index is -2.17. The predicted molar refractivity (Wildman–Crippen MR) is 100 cm³/mol. The first-order valence-electron chi connectivity index (χ1n) is 10.7. The van der Waals surface area contributed by atoms with Crippen molar-refractivity contribution in [1.29, 1.82) is 0 Å². The zero-order chi connectivity index (χ0) is 21.0. The fourth-order valence-electron chi connectivity index (χ4n) is 8.24. The van der Waals surface area contributed by atoms with Gasteiger partial charge in [0.1, 0.15) is 11.5 Å². The largest absolute Gasteiger partial charge is 0.465 e. The molecule has 4 bridgehead atoms. The molecule has 2 heterocycles. The lowest BCUT2D eigenvalue weighted by atomic mass is 9.36. The van der Waals surface area contributed by atoms with E-state index in [-0.39, 0.29) is 30.9 Å². The maximum absolute atomic E-state index is 13.5. The molecule has 0 amide bonds. The molecular weight excluding hydrogens is 376 g/mol. The number of carbonyl (C=O) groups excluding carboxylic acids is 2. The molecule has 9 atom stereocenters. The number of hydrogen-bond acceptors (Lipinski definition) is 7. The molecule has 4 saturated carbocycles. The molecule has 6 fully saturated rings. The van der Waals surface area contributed by atoms with Gasteiger partial charge in [-0.05, 0) is 37.2 Å². The van der Waals surface area contributed by atoms with Crippen molar-refractivity contribution < 1.29 is 34.4 Å². The summed E-state index contributed by atoms with van der Waals surface area (Å²) in [5.74, 6) is -4.02. The summed E-state index contributed by atoms with van der Waals surface area (Å²) < 4.78 is 11.3. The van der Waals surface area contributed by atoms with Crippen LogP contribution in [0.2, 0.25) is 0 Å². The molecule has 0 unspecified atom stereocenters. The number of Topliss-reactive ketones (excluding diaryl/α,β-unsaturated/α-hetero) is 1. The highest BCUT2D eigenvalue weighted by Gasteiger charge is 2.85. The fourth-order valence-corrected chi connectivity index (χ4v) is 8.24. The SMILES string of the molecule is C=C1C(=O)[C@@]23[C@H](O)[C@H]1CC[C@H]2[C@]12CCC[C@@](C)(COC(C)=O)[C@H]1[C@H](O)[C@@]3(O)OC2. The number of esters is 1. The summed E-state index contributed by atoms with van der Waals surface area (Å²) in [5.41, 5.74) is -2.35. The summed E-state index contributed by atoms with van der Waals surface area (Å²) in [6.07, 6.45) is 1.15. The van der Waals surface area contributed by atoms with Gasteiger partial charge in [-0.15, -0.1) is 0 Å². The monoisotopic (exact) mass is 406 g/mol. The highest BCUT2D eigenvalue weighted by Crippen LogP contribution is 2.76. The van der Waals surface area contributed by atoms with E-state index in [4.69, 9.17) is 9.47 Å². The van der Waals surface area contributed by atoms with Crippen LogP contribution in [0.4, 0.5) is 0 Å². The third-order valence-electron chi connectivity index (χ3n) is 9.21. The van der Waals surface area contributed by atoms with Crippen molar-refractivity contribution in [1.82, 2.24) is 0 Å². The van der Waals surface area contributed by atoms with E-state index < -0.39 is 46.1 Å². The Labute approximate surface area is 170 Å². The summed E-state index contributed by atoms with van der Waals surface area (Å²) in [6, 6.07) is 0. The number of carbonyl (C=O) groups is 2.